The lowest BCUT2D eigenvalue weighted by Gasteiger charge is -2.22. The molecule has 0 aliphatic rings. The molecule has 0 aliphatic heterocycles. The number of hydrogen-bond donors (Lipinski definition) is 0. The standard InChI is InChI=1S/C15H21NOS2/c1-3-5-11-16(15(17)19-14(18)4-2)12-13-9-7-6-8-10-13/h6-10H,3-5,11-12H2,1-2H3. The predicted molar refractivity (Wildman–Crippen MR) is 87.6 cm³/mol. The van der Waals surface area contributed by atoms with Crippen molar-refractivity contribution in [2.24, 2.45) is 0 Å². The lowest BCUT2D eigenvalue weighted by atomic mass is 10.2. The second-order valence-corrected chi connectivity index (χ2v) is 6.15. The second-order valence-electron chi connectivity index (χ2n) is 4.35. The molecule has 1 amide bonds. The van der Waals surface area contributed by atoms with Crippen LogP contribution in [0.25, 0.3) is 0 Å². The molecule has 0 aromatic heterocycles. The summed E-state index contributed by atoms with van der Waals surface area (Å²) < 4.78 is 0.763. The SMILES string of the molecule is CCCCN(Cc1ccccc1)C(=O)SC(=S)CC. The highest BCUT2D eigenvalue weighted by atomic mass is 32.2. The molecule has 19 heavy (non-hydrogen) atoms. The van der Waals surface area contributed by atoms with E-state index in [2.05, 4.69) is 19.1 Å². The number of carbonyl (C=O) groups excluding carboxylic acids is 1. The van der Waals surface area contributed by atoms with Gasteiger partial charge in [-0.3, -0.25) is 4.79 Å². The first-order chi connectivity index (χ1) is 9.17. The molecular formula is C15H21NOS2. The highest BCUT2D eigenvalue weighted by Crippen LogP contribution is 2.17. The fraction of sp³-hybridized carbons (Fsp3) is 0.467. The van der Waals surface area contributed by atoms with Crippen molar-refractivity contribution in [2.75, 3.05) is 6.54 Å². The van der Waals surface area contributed by atoms with Gasteiger partial charge in [0.1, 0.15) is 0 Å². The Balaban J connectivity index is 2.65. The molecule has 0 saturated heterocycles. The van der Waals surface area contributed by atoms with E-state index in [0.717, 1.165) is 35.6 Å². The van der Waals surface area contributed by atoms with E-state index >= 15 is 0 Å². The van der Waals surface area contributed by atoms with Gasteiger partial charge >= 0.3 is 0 Å². The Hall–Kier alpha value is -0.870. The molecule has 0 saturated carbocycles. The first kappa shape index (κ1) is 16.2. The van der Waals surface area contributed by atoms with Crippen LogP contribution in [0.15, 0.2) is 30.3 Å². The molecule has 104 valence electrons. The zero-order chi connectivity index (χ0) is 14.1. The summed E-state index contributed by atoms with van der Waals surface area (Å²) in [5.41, 5.74) is 1.16. The lowest BCUT2D eigenvalue weighted by molar-refractivity contribution is 0.220. The van der Waals surface area contributed by atoms with E-state index < -0.39 is 0 Å². The third-order valence-electron chi connectivity index (χ3n) is 2.75. The number of nitrogens with zero attached hydrogens (tertiary/aromatic N) is 1. The van der Waals surface area contributed by atoms with Gasteiger partial charge in [-0.05, 0) is 30.2 Å². The topological polar surface area (TPSA) is 20.3 Å². The molecule has 1 aromatic rings. The van der Waals surface area contributed by atoms with Crippen LogP contribution in [0.1, 0.15) is 38.7 Å². The van der Waals surface area contributed by atoms with Crippen LogP contribution in [-0.2, 0) is 6.54 Å². The summed E-state index contributed by atoms with van der Waals surface area (Å²) in [6.07, 6.45) is 2.87. The van der Waals surface area contributed by atoms with E-state index in [1.165, 1.54) is 11.8 Å². The number of benzene rings is 1. The molecule has 2 nitrogen and oxygen atoms in total. The van der Waals surface area contributed by atoms with Gasteiger partial charge in [-0.1, -0.05) is 62.8 Å². The zero-order valence-electron chi connectivity index (χ0n) is 11.6. The van der Waals surface area contributed by atoms with Crippen molar-refractivity contribution < 1.29 is 4.79 Å². The Bertz CT molecular complexity index is 406. The largest absolute Gasteiger partial charge is 0.329 e. The van der Waals surface area contributed by atoms with E-state index in [-0.39, 0.29) is 5.24 Å². The van der Waals surface area contributed by atoms with E-state index in [0.29, 0.717) is 6.54 Å². The molecule has 0 aliphatic carbocycles. The number of thioether (sulfide) groups is 1. The molecule has 4 heteroatoms. The molecular weight excluding hydrogens is 274 g/mol. The Morgan fingerprint density at radius 2 is 1.95 bits per heavy atom. The van der Waals surface area contributed by atoms with E-state index in [9.17, 15) is 4.79 Å². The quantitative estimate of drug-likeness (QED) is 0.698. The molecule has 0 heterocycles. The summed E-state index contributed by atoms with van der Waals surface area (Å²) in [6, 6.07) is 10.1. The Labute approximate surface area is 125 Å². The van der Waals surface area contributed by atoms with Gasteiger partial charge in [-0.15, -0.1) is 0 Å². The summed E-state index contributed by atoms with van der Waals surface area (Å²) >= 11 is 6.34. The van der Waals surface area contributed by atoms with Crippen LogP contribution in [0.4, 0.5) is 4.79 Å². The second kappa shape index (κ2) is 9.10. The van der Waals surface area contributed by atoms with Crippen molar-refractivity contribution in [1.29, 1.82) is 0 Å². The maximum absolute atomic E-state index is 12.2. The molecule has 0 unspecified atom stereocenters. The smallest absolute Gasteiger partial charge is 0.287 e. The molecule has 0 atom stereocenters. The maximum Gasteiger partial charge on any atom is 0.287 e. The number of unbranched alkanes of at least 4 members (excludes halogenated alkanes) is 1. The fourth-order valence-corrected chi connectivity index (χ4v) is 2.46. The summed E-state index contributed by atoms with van der Waals surface area (Å²) in [6.45, 7) is 5.58. The van der Waals surface area contributed by atoms with Gasteiger partial charge < -0.3 is 4.90 Å². The van der Waals surface area contributed by atoms with Crippen LogP contribution in [0, 0.1) is 0 Å². The van der Waals surface area contributed by atoms with Gasteiger partial charge in [0, 0.05) is 13.1 Å². The first-order valence-electron chi connectivity index (χ1n) is 6.70. The van der Waals surface area contributed by atoms with Gasteiger partial charge in [0.05, 0.1) is 4.20 Å². The van der Waals surface area contributed by atoms with E-state index in [1.54, 1.807) is 0 Å². The zero-order valence-corrected chi connectivity index (χ0v) is 13.2. The molecule has 0 radical (unpaired) electrons. The summed E-state index contributed by atoms with van der Waals surface area (Å²) in [4.78, 5) is 14.1. The van der Waals surface area contributed by atoms with Crippen molar-refractivity contribution in [3.8, 4) is 0 Å². The monoisotopic (exact) mass is 295 g/mol. The summed E-state index contributed by atoms with van der Waals surface area (Å²) in [5.74, 6) is 0. The van der Waals surface area contributed by atoms with Crippen molar-refractivity contribution in [3.63, 3.8) is 0 Å². The molecule has 0 spiro atoms. The molecule has 0 bridgehead atoms. The van der Waals surface area contributed by atoms with Crippen molar-refractivity contribution in [1.82, 2.24) is 4.90 Å². The van der Waals surface area contributed by atoms with Gasteiger partial charge in [0.15, 0.2) is 0 Å². The minimum atomic E-state index is 0.0733. The highest BCUT2D eigenvalue weighted by molar-refractivity contribution is 8.32. The predicted octanol–water partition coefficient (Wildman–Crippen LogP) is 4.88. The average molecular weight is 295 g/mol. The third-order valence-corrected chi connectivity index (χ3v) is 4.23. The highest BCUT2D eigenvalue weighted by Gasteiger charge is 2.15. The normalized spacial score (nSPS) is 10.2. The van der Waals surface area contributed by atoms with E-state index in [1.807, 2.05) is 30.0 Å². The molecule has 0 N–H and O–H groups in total. The number of thiocarbonyl (C=S) groups is 1. The van der Waals surface area contributed by atoms with Crippen molar-refractivity contribution in [3.05, 3.63) is 35.9 Å². The number of rotatable bonds is 6. The Kier molecular flexibility index (Phi) is 7.75. The number of carbonyl (C=O) groups is 1. The van der Waals surface area contributed by atoms with Crippen LogP contribution >= 0.6 is 24.0 Å². The van der Waals surface area contributed by atoms with Crippen molar-refractivity contribution >= 4 is 33.4 Å². The third kappa shape index (κ3) is 6.21. The average Bonchev–Trinajstić information content (AvgIpc) is 2.44. The number of hydrogen-bond acceptors (Lipinski definition) is 3. The van der Waals surface area contributed by atoms with Crippen LogP contribution in [0.2, 0.25) is 0 Å². The lowest BCUT2D eigenvalue weighted by Crippen LogP contribution is -2.28. The molecule has 1 aromatic carbocycles. The van der Waals surface area contributed by atoms with Crippen LogP contribution in [0.5, 0.6) is 0 Å². The van der Waals surface area contributed by atoms with Crippen LogP contribution < -0.4 is 0 Å². The van der Waals surface area contributed by atoms with Crippen LogP contribution in [-0.4, -0.2) is 20.9 Å². The maximum atomic E-state index is 12.2. The number of amides is 1. The summed E-state index contributed by atoms with van der Waals surface area (Å²) in [5, 5.41) is 0.0733. The van der Waals surface area contributed by atoms with Gasteiger partial charge in [0.25, 0.3) is 5.24 Å². The molecule has 0 fully saturated rings. The van der Waals surface area contributed by atoms with Gasteiger partial charge in [0.2, 0.25) is 0 Å². The minimum absolute atomic E-state index is 0.0733. The van der Waals surface area contributed by atoms with Gasteiger partial charge in [-0.2, -0.15) is 0 Å². The first-order valence-corrected chi connectivity index (χ1v) is 7.93. The van der Waals surface area contributed by atoms with Gasteiger partial charge in [-0.25, -0.2) is 0 Å². The fourth-order valence-electron chi connectivity index (χ4n) is 1.62. The Morgan fingerprint density at radius 3 is 2.53 bits per heavy atom. The summed E-state index contributed by atoms with van der Waals surface area (Å²) in [7, 11) is 0. The minimum Gasteiger partial charge on any atom is -0.329 e. The van der Waals surface area contributed by atoms with Crippen molar-refractivity contribution in [2.45, 2.75) is 39.7 Å². The van der Waals surface area contributed by atoms with Crippen LogP contribution in [0.3, 0.4) is 0 Å². The Morgan fingerprint density at radius 1 is 1.26 bits per heavy atom. The molecule has 1 rings (SSSR count). The van der Waals surface area contributed by atoms with E-state index in [4.69, 9.17) is 12.2 Å².